The minimum Gasteiger partial charge on any atom is -0.354 e. The maximum atomic E-state index is 10.7. The van der Waals surface area contributed by atoms with Gasteiger partial charge < -0.3 is 10.2 Å². The van der Waals surface area contributed by atoms with Crippen molar-refractivity contribution >= 4 is 11.6 Å². The lowest BCUT2D eigenvalue weighted by Gasteiger charge is -2.27. The number of nitrogens with zero attached hydrogens (tertiary/aromatic N) is 5. The molecule has 1 saturated heterocycles. The Hall–Kier alpha value is -2.90. The Morgan fingerprint density at radius 2 is 2.19 bits per heavy atom. The number of nitrogens with one attached hydrogen (secondary N) is 1. The number of aliphatic imine (C=N–C) groups is 1. The molecule has 0 saturated carbocycles. The maximum Gasteiger partial charge on any atom is 0.306 e. The summed E-state index contributed by atoms with van der Waals surface area (Å²) in [5.41, 5.74) is 1.47. The molecule has 1 N–H and O–H groups in total. The highest BCUT2D eigenvalue weighted by Crippen LogP contribution is 2.33. The molecule has 0 bridgehead atoms. The fourth-order valence-corrected chi connectivity index (χ4v) is 3.40. The second kappa shape index (κ2) is 7.55. The molecule has 0 spiro atoms. The Bertz CT molecular complexity index is 788. The third-order valence-electron chi connectivity index (χ3n) is 4.91. The number of guanidine groups is 1. The van der Waals surface area contributed by atoms with E-state index < -0.39 is 4.92 Å². The first-order valence-electron chi connectivity index (χ1n) is 8.70. The molecule has 1 atom stereocenters. The minimum absolute atomic E-state index is 0.00699. The summed E-state index contributed by atoms with van der Waals surface area (Å²) in [5, 5.41) is 18.0. The van der Waals surface area contributed by atoms with Crippen molar-refractivity contribution in [1.82, 2.24) is 20.0 Å². The number of likely N-dealkylation sites (tertiary alicyclic amines) is 1. The average molecular weight is 356 g/mol. The zero-order valence-corrected chi connectivity index (χ0v) is 15.1. The summed E-state index contributed by atoms with van der Waals surface area (Å²) in [5.74, 6) is 0.853. The second-order valence-corrected chi connectivity index (χ2v) is 6.79. The van der Waals surface area contributed by atoms with Crippen LogP contribution < -0.4 is 5.32 Å². The van der Waals surface area contributed by atoms with Crippen LogP contribution in [0.15, 0.2) is 47.7 Å². The quantitative estimate of drug-likeness (QED) is 0.383. The van der Waals surface area contributed by atoms with E-state index in [1.54, 1.807) is 11.7 Å². The van der Waals surface area contributed by atoms with E-state index in [0.717, 1.165) is 25.5 Å². The van der Waals surface area contributed by atoms with Gasteiger partial charge in [-0.3, -0.25) is 19.8 Å². The highest BCUT2D eigenvalue weighted by molar-refractivity contribution is 5.80. The van der Waals surface area contributed by atoms with Crippen LogP contribution in [0, 0.1) is 10.1 Å². The molecule has 1 unspecified atom stereocenters. The maximum absolute atomic E-state index is 10.7. The summed E-state index contributed by atoms with van der Waals surface area (Å²) >= 11 is 0. The van der Waals surface area contributed by atoms with Crippen molar-refractivity contribution < 1.29 is 4.92 Å². The van der Waals surface area contributed by atoms with Crippen LogP contribution in [0.25, 0.3) is 0 Å². The topological polar surface area (TPSA) is 88.6 Å². The van der Waals surface area contributed by atoms with E-state index in [4.69, 9.17) is 0 Å². The van der Waals surface area contributed by atoms with Crippen molar-refractivity contribution in [2.45, 2.75) is 25.3 Å². The standard InChI is InChI=1S/C18H24N6O2/c1-18(15-6-4-3-5-7-15)8-10-22(14-18)17(19-2)20-9-11-23-13-16(12-21-23)24(25)26/h3-7,12-13H,8-11,14H2,1-2H3,(H,19,20). The van der Waals surface area contributed by atoms with Gasteiger partial charge in [0.15, 0.2) is 5.96 Å². The van der Waals surface area contributed by atoms with Crippen LogP contribution in [-0.4, -0.2) is 52.2 Å². The lowest BCUT2D eigenvalue weighted by atomic mass is 9.82. The Morgan fingerprint density at radius 1 is 1.42 bits per heavy atom. The van der Waals surface area contributed by atoms with Gasteiger partial charge in [0.1, 0.15) is 12.4 Å². The van der Waals surface area contributed by atoms with Gasteiger partial charge in [-0.2, -0.15) is 5.10 Å². The van der Waals surface area contributed by atoms with Crippen LogP contribution in [-0.2, 0) is 12.0 Å². The summed E-state index contributed by atoms with van der Waals surface area (Å²) in [6.07, 6.45) is 3.77. The SMILES string of the molecule is CN=C(NCCn1cc([N+](=O)[O-])cn1)N1CCC(C)(c2ccccc2)C1. The highest BCUT2D eigenvalue weighted by atomic mass is 16.6. The van der Waals surface area contributed by atoms with Crippen LogP contribution in [0.5, 0.6) is 0 Å². The first-order chi connectivity index (χ1) is 12.5. The third-order valence-corrected chi connectivity index (χ3v) is 4.91. The smallest absolute Gasteiger partial charge is 0.306 e. The molecule has 8 nitrogen and oxygen atoms in total. The van der Waals surface area contributed by atoms with Gasteiger partial charge in [0, 0.05) is 32.1 Å². The van der Waals surface area contributed by atoms with Crippen LogP contribution in [0.4, 0.5) is 5.69 Å². The minimum atomic E-state index is -0.440. The molecule has 2 aromatic rings. The van der Waals surface area contributed by atoms with Gasteiger partial charge in [-0.15, -0.1) is 0 Å². The van der Waals surface area contributed by atoms with Crippen LogP contribution >= 0.6 is 0 Å². The molecule has 0 radical (unpaired) electrons. The molecule has 1 aliphatic rings. The number of aromatic nitrogens is 2. The van der Waals surface area contributed by atoms with Gasteiger partial charge in [0.05, 0.1) is 11.5 Å². The Kier molecular flexibility index (Phi) is 5.20. The number of nitro groups is 1. The molecule has 0 aliphatic carbocycles. The van der Waals surface area contributed by atoms with E-state index in [1.165, 1.54) is 18.0 Å². The molecule has 1 aromatic heterocycles. The van der Waals surface area contributed by atoms with Crippen molar-refractivity contribution in [2.75, 3.05) is 26.7 Å². The number of rotatable bonds is 5. The van der Waals surface area contributed by atoms with Gasteiger partial charge in [-0.1, -0.05) is 37.3 Å². The van der Waals surface area contributed by atoms with Gasteiger partial charge >= 0.3 is 5.69 Å². The predicted molar refractivity (Wildman–Crippen MR) is 100 cm³/mol. The van der Waals surface area contributed by atoms with Crippen molar-refractivity contribution in [2.24, 2.45) is 4.99 Å². The largest absolute Gasteiger partial charge is 0.354 e. The predicted octanol–water partition coefficient (Wildman–Crippen LogP) is 2.03. The van der Waals surface area contributed by atoms with Crippen LogP contribution in [0.2, 0.25) is 0 Å². The number of benzene rings is 1. The highest BCUT2D eigenvalue weighted by Gasteiger charge is 2.36. The Labute approximate surface area is 152 Å². The average Bonchev–Trinajstić information content (AvgIpc) is 3.27. The lowest BCUT2D eigenvalue weighted by molar-refractivity contribution is -0.385. The summed E-state index contributed by atoms with van der Waals surface area (Å²) in [6, 6.07) is 10.6. The van der Waals surface area contributed by atoms with E-state index in [-0.39, 0.29) is 11.1 Å². The van der Waals surface area contributed by atoms with E-state index >= 15 is 0 Å². The summed E-state index contributed by atoms with van der Waals surface area (Å²) in [7, 11) is 1.78. The number of hydrogen-bond acceptors (Lipinski definition) is 4. The Balaban J connectivity index is 1.55. The summed E-state index contributed by atoms with van der Waals surface area (Å²) in [4.78, 5) is 16.9. The van der Waals surface area contributed by atoms with E-state index in [9.17, 15) is 10.1 Å². The lowest BCUT2D eigenvalue weighted by Crippen LogP contribution is -2.42. The van der Waals surface area contributed by atoms with Crippen LogP contribution in [0.1, 0.15) is 18.9 Å². The van der Waals surface area contributed by atoms with Crippen LogP contribution in [0.3, 0.4) is 0 Å². The molecule has 138 valence electrons. The normalized spacial score (nSPS) is 20.4. The molecule has 1 fully saturated rings. The van der Waals surface area contributed by atoms with Gasteiger partial charge in [0.25, 0.3) is 0 Å². The van der Waals surface area contributed by atoms with Crippen molar-refractivity contribution in [1.29, 1.82) is 0 Å². The Morgan fingerprint density at radius 3 is 2.85 bits per heavy atom. The first-order valence-corrected chi connectivity index (χ1v) is 8.70. The second-order valence-electron chi connectivity index (χ2n) is 6.79. The van der Waals surface area contributed by atoms with Crippen molar-refractivity contribution in [3.63, 3.8) is 0 Å². The summed E-state index contributed by atoms with van der Waals surface area (Å²) < 4.78 is 1.57. The molecule has 1 aliphatic heterocycles. The van der Waals surface area contributed by atoms with Crippen molar-refractivity contribution in [3.05, 3.63) is 58.4 Å². The summed E-state index contributed by atoms with van der Waals surface area (Å²) in [6.45, 7) is 5.28. The fourth-order valence-electron chi connectivity index (χ4n) is 3.40. The molecule has 0 amide bonds. The van der Waals surface area contributed by atoms with E-state index in [0.29, 0.717) is 13.1 Å². The monoisotopic (exact) mass is 356 g/mol. The molecule has 2 heterocycles. The molecule has 8 heteroatoms. The molecular formula is C18H24N6O2. The van der Waals surface area contributed by atoms with Gasteiger partial charge in [0.2, 0.25) is 0 Å². The fraction of sp³-hybridized carbons (Fsp3) is 0.444. The van der Waals surface area contributed by atoms with Crippen molar-refractivity contribution in [3.8, 4) is 0 Å². The molecule has 3 rings (SSSR count). The van der Waals surface area contributed by atoms with Gasteiger partial charge in [-0.05, 0) is 12.0 Å². The zero-order chi connectivity index (χ0) is 18.6. The van der Waals surface area contributed by atoms with E-state index in [2.05, 4.69) is 51.5 Å². The third kappa shape index (κ3) is 3.84. The number of hydrogen-bond donors (Lipinski definition) is 1. The first kappa shape index (κ1) is 17.9. The molecular weight excluding hydrogens is 332 g/mol. The van der Waals surface area contributed by atoms with Gasteiger partial charge in [-0.25, -0.2) is 0 Å². The molecule has 26 heavy (non-hydrogen) atoms. The van der Waals surface area contributed by atoms with E-state index in [1.807, 2.05) is 6.07 Å². The zero-order valence-electron chi connectivity index (χ0n) is 15.1. The molecule has 1 aromatic carbocycles.